The van der Waals surface area contributed by atoms with Crippen molar-refractivity contribution in [3.05, 3.63) is 71.0 Å². The predicted molar refractivity (Wildman–Crippen MR) is 95.2 cm³/mol. The third-order valence-electron chi connectivity index (χ3n) is 4.34. The molecule has 26 heavy (non-hydrogen) atoms. The van der Waals surface area contributed by atoms with E-state index in [1.165, 1.54) is 17.1 Å². The summed E-state index contributed by atoms with van der Waals surface area (Å²) in [7, 11) is 0. The van der Waals surface area contributed by atoms with Gasteiger partial charge in [-0.3, -0.25) is 9.59 Å². The summed E-state index contributed by atoms with van der Waals surface area (Å²) in [5, 5.41) is 14.6. The van der Waals surface area contributed by atoms with Gasteiger partial charge >= 0.3 is 5.97 Å². The van der Waals surface area contributed by atoms with E-state index in [4.69, 9.17) is 5.11 Å². The van der Waals surface area contributed by atoms with Crippen molar-refractivity contribution in [2.45, 2.75) is 32.2 Å². The van der Waals surface area contributed by atoms with Crippen molar-refractivity contribution < 1.29 is 19.1 Å². The number of hydrogen-bond donors (Lipinski definition) is 1. The van der Waals surface area contributed by atoms with Crippen LogP contribution in [0.2, 0.25) is 0 Å². The lowest BCUT2D eigenvalue weighted by Gasteiger charge is -2.21. The third kappa shape index (κ3) is 3.96. The van der Waals surface area contributed by atoms with Gasteiger partial charge in [-0.1, -0.05) is 42.0 Å². The van der Waals surface area contributed by atoms with E-state index in [0.717, 1.165) is 16.8 Å². The molecular weight excluding hydrogens is 335 g/mol. The Kier molecular flexibility index (Phi) is 5.11. The minimum Gasteiger partial charge on any atom is -0.481 e. The van der Waals surface area contributed by atoms with Gasteiger partial charge in [-0.05, 0) is 30.2 Å². The maximum atomic E-state index is 13.6. The molecule has 1 atom stereocenters. The van der Waals surface area contributed by atoms with Gasteiger partial charge in [-0.25, -0.2) is 9.40 Å². The molecule has 2 aromatic carbocycles. The van der Waals surface area contributed by atoms with Crippen molar-refractivity contribution in [3.63, 3.8) is 0 Å². The fourth-order valence-corrected chi connectivity index (χ4v) is 2.96. The average Bonchev–Trinajstić information content (AvgIpc) is 3.05. The fourth-order valence-electron chi connectivity index (χ4n) is 2.96. The lowest BCUT2D eigenvalue weighted by atomic mass is 9.97. The molecule has 0 radical (unpaired) electrons. The van der Waals surface area contributed by atoms with Crippen LogP contribution in [0, 0.1) is 12.7 Å². The Balaban J connectivity index is 1.91. The highest BCUT2D eigenvalue weighted by Crippen LogP contribution is 2.33. The standard InChI is InChI=1S/C20H19FN2O3/c1-13-5-7-14(8-6-13)17-12-18(15-3-2-4-16(21)11-15)23(22-17)19(24)9-10-20(25)26/h2-8,11,18H,9-10,12H2,1H3,(H,25,26)/t18-/m1/s1. The Bertz CT molecular complexity index is 862. The molecule has 134 valence electrons. The van der Waals surface area contributed by atoms with Crippen LogP contribution in [-0.4, -0.2) is 27.7 Å². The van der Waals surface area contributed by atoms with Gasteiger partial charge < -0.3 is 5.11 Å². The van der Waals surface area contributed by atoms with Gasteiger partial charge in [0.1, 0.15) is 5.82 Å². The number of hydrazone groups is 1. The zero-order chi connectivity index (χ0) is 18.7. The van der Waals surface area contributed by atoms with Gasteiger partial charge in [0.25, 0.3) is 0 Å². The largest absolute Gasteiger partial charge is 0.481 e. The van der Waals surface area contributed by atoms with Crippen molar-refractivity contribution >= 4 is 17.6 Å². The van der Waals surface area contributed by atoms with E-state index >= 15 is 0 Å². The number of carboxylic acid groups (broad SMARTS) is 1. The quantitative estimate of drug-likeness (QED) is 0.890. The first-order valence-electron chi connectivity index (χ1n) is 8.38. The molecule has 1 N–H and O–H groups in total. The van der Waals surface area contributed by atoms with Crippen LogP contribution in [-0.2, 0) is 9.59 Å². The normalized spacial score (nSPS) is 16.5. The van der Waals surface area contributed by atoms with E-state index in [9.17, 15) is 14.0 Å². The van der Waals surface area contributed by atoms with Crippen LogP contribution in [0.3, 0.4) is 0 Å². The molecule has 0 aliphatic carbocycles. The Labute approximate surface area is 150 Å². The van der Waals surface area contributed by atoms with Gasteiger partial charge in [-0.2, -0.15) is 5.10 Å². The summed E-state index contributed by atoms with van der Waals surface area (Å²) in [6.45, 7) is 1.98. The summed E-state index contributed by atoms with van der Waals surface area (Å²) >= 11 is 0. The van der Waals surface area contributed by atoms with Crippen LogP contribution in [0.5, 0.6) is 0 Å². The lowest BCUT2D eigenvalue weighted by molar-refractivity contribution is -0.141. The molecule has 0 unspecified atom stereocenters. The van der Waals surface area contributed by atoms with Crippen molar-refractivity contribution in [3.8, 4) is 0 Å². The smallest absolute Gasteiger partial charge is 0.303 e. The number of carboxylic acids is 1. The van der Waals surface area contributed by atoms with Gasteiger partial charge in [0.2, 0.25) is 5.91 Å². The van der Waals surface area contributed by atoms with E-state index < -0.39 is 12.0 Å². The number of aliphatic carboxylic acids is 1. The van der Waals surface area contributed by atoms with Crippen molar-refractivity contribution in [1.82, 2.24) is 5.01 Å². The molecule has 0 aromatic heterocycles. The number of nitrogens with zero attached hydrogens (tertiary/aromatic N) is 2. The number of rotatable bonds is 5. The van der Waals surface area contributed by atoms with Crippen LogP contribution in [0.25, 0.3) is 0 Å². The van der Waals surface area contributed by atoms with Gasteiger partial charge in [0.05, 0.1) is 18.2 Å². The zero-order valence-electron chi connectivity index (χ0n) is 14.4. The van der Waals surface area contributed by atoms with Gasteiger partial charge in [0, 0.05) is 12.8 Å². The van der Waals surface area contributed by atoms with Crippen molar-refractivity contribution in [2.75, 3.05) is 0 Å². The summed E-state index contributed by atoms with van der Waals surface area (Å²) in [5.74, 6) is -1.81. The van der Waals surface area contributed by atoms with E-state index in [-0.39, 0.29) is 24.6 Å². The molecule has 0 fully saturated rings. The second kappa shape index (κ2) is 7.47. The topological polar surface area (TPSA) is 70.0 Å². The van der Waals surface area contributed by atoms with E-state index in [1.807, 2.05) is 31.2 Å². The highest BCUT2D eigenvalue weighted by Gasteiger charge is 2.33. The highest BCUT2D eigenvalue weighted by molar-refractivity contribution is 6.03. The van der Waals surface area contributed by atoms with Crippen LogP contribution in [0.1, 0.15) is 42.0 Å². The summed E-state index contributed by atoms with van der Waals surface area (Å²) in [6.07, 6.45) is 0.0394. The molecule has 0 bridgehead atoms. The number of aryl methyl sites for hydroxylation is 1. The molecule has 5 nitrogen and oxygen atoms in total. The molecule has 6 heteroatoms. The number of carbonyl (C=O) groups is 2. The Morgan fingerprint density at radius 2 is 1.92 bits per heavy atom. The Hall–Kier alpha value is -3.02. The van der Waals surface area contributed by atoms with Crippen molar-refractivity contribution in [1.29, 1.82) is 0 Å². The molecule has 1 amide bonds. The SMILES string of the molecule is Cc1ccc(C2=NN(C(=O)CCC(=O)O)[C@@H](c3cccc(F)c3)C2)cc1. The van der Waals surface area contributed by atoms with E-state index in [2.05, 4.69) is 5.10 Å². The maximum Gasteiger partial charge on any atom is 0.303 e. The van der Waals surface area contributed by atoms with Crippen molar-refractivity contribution in [2.24, 2.45) is 5.10 Å². The molecule has 0 saturated carbocycles. The zero-order valence-corrected chi connectivity index (χ0v) is 14.4. The Morgan fingerprint density at radius 3 is 2.58 bits per heavy atom. The van der Waals surface area contributed by atoms with Crippen LogP contribution in [0.4, 0.5) is 4.39 Å². The summed E-state index contributed by atoms with van der Waals surface area (Å²) in [6, 6.07) is 13.4. The molecule has 1 heterocycles. The van der Waals surface area contributed by atoms with Crippen LogP contribution >= 0.6 is 0 Å². The summed E-state index contributed by atoms with van der Waals surface area (Å²) < 4.78 is 13.6. The minimum atomic E-state index is -1.04. The predicted octanol–water partition coefficient (Wildman–Crippen LogP) is 3.68. The molecule has 0 spiro atoms. The highest BCUT2D eigenvalue weighted by atomic mass is 19.1. The number of amides is 1. The minimum absolute atomic E-state index is 0.147. The second-order valence-electron chi connectivity index (χ2n) is 6.32. The van der Waals surface area contributed by atoms with Crippen LogP contribution in [0.15, 0.2) is 53.6 Å². The van der Waals surface area contributed by atoms with E-state index in [1.54, 1.807) is 12.1 Å². The summed E-state index contributed by atoms with van der Waals surface area (Å²) in [5.41, 5.74) is 3.37. The monoisotopic (exact) mass is 354 g/mol. The summed E-state index contributed by atoms with van der Waals surface area (Å²) in [4.78, 5) is 23.3. The molecule has 1 aliphatic rings. The number of halogens is 1. The van der Waals surface area contributed by atoms with Gasteiger partial charge in [0.15, 0.2) is 0 Å². The Morgan fingerprint density at radius 1 is 1.19 bits per heavy atom. The van der Waals surface area contributed by atoms with Gasteiger partial charge in [-0.15, -0.1) is 0 Å². The first-order chi connectivity index (χ1) is 12.4. The first kappa shape index (κ1) is 17.8. The molecular formula is C20H19FN2O3. The molecule has 2 aromatic rings. The molecule has 1 aliphatic heterocycles. The average molecular weight is 354 g/mol. The third-order valence-corrected chi connectivity index (χ3v) is 4.34. The molecule has 0 saturated heterocycles. The fraction of sp³-hybridized carbons (Fsp3) is 0.250. The second-order valence-corrected chi connectivity index (χ2v) is 6.32. The molecule has 3 rings (SSSR count). The van der Waals surface area contributed by atoms with E-state index in [0.29, 0.717) is 12.0 Å². The first-order valence-corrected chi connectivity index (χ1v) is 8.38. The van der Waals surface area contributed by atoms with Crippen LogP contribution < -0.4 is 0 Å². The number of carbonyl (C=O) groups excluding carboxylic acids is 1. The maximum absolute atomic E-state index is 13.6. The lowest BCUT2D eigenvalue weighted by Crippen LogP contribution is -2.27. The number of hydrogen-bond acceptors (Lipinski definition) is 3. The number of benzene rings is 2.